The molecule has 1 atom stereocenters. The van der Waals surface area contributed by atoms with Gasteiger partial charge in [-0.2, -0.15) is 0 Å². The van der Waals surface area contributed by atoms with Crippen LogP contribution in [-0.4, -0.2) is 11.9 Å². The van der Waals surface area contributed by atoms with Gasteiger partial charge in [-0.15, -0.1) is 0 Å². The van der Waals surface area contributed by atoms with Crippen LogP contribution >= 0.6 is 15.9 Å². The van der Waals surface area contributed by atoms with Crippen molar-refractivity contribution in [3.8, 4) is 0 Å². The minimum atomic E-state index is -0.477. The summed E-state index contributed by atoms with van der Waals surface area (Å²) >= 11 is 3.27. The molecular formula is C15H19BrFNO. The summed E-state index contributed by atoms with van der Waals surface area (Å²) in [4.78, 5) is 12.2. The lowest BCUT2D eigenvalue weighted by Gasteiger charge is -2.39. The molecule has 1 aromatic carbocycles. The fraction of sp³-hybridized carbons (Fsp3) is 0.533. The summed E-state index contributed by atoms with van der Waals surface area (Å²) < 4.78 is 14.4. The largest absolute Gasteiger partial charge is 0.349 e. The molecule has 0 heterocycles. The van der Waals surface area contributed by atoms with Gasteiger partial charge in [0.05, 0.1) is 5.56 Å². The molecule has 19 heavy (non-hydrogen) atoms. The van der Waals surface area contributed by atoms with Crippen LogP contribution < -0.4 is 5.32 Å². The molecule has 0 aliphatic heterocycles. The summed E-state index contributed by atoms with van der Waals surface area (Å²) in [6.07, 6.45) is 4.38. The molecule has 0 bridgehead atoms. The Morgan fingerprint density at radius 3 is 2.84 bits per heavy atom. The third kappa shape index (κ3) is 3.35. The van der Waals surface area contributed by atoms with Crippen LogP contribution in [0.25, 0.3) is 0 Å². The molecule has 0 saturated heterocycles. The maximum atomic E-state index is 13.7. The summed E-state index contributed by atoms with van der Waals surface area (Å²) in [5.41, 5.74) is 0.187. The van der Waals surface area contributed by atoms with Crippen molar-refractivity contribution in [2.24, 2.45) is 5.41 Å². The van der Waals surface area contributed by atoms with E-state index in [-0.39, 0.29) is 22.9 Å². The number of carbonyl (C=O) groups is 1. The van der Waals surface area contributed by atoms with Gasteiger partial charge in [-0.05, 0) is 36.5 Å². The Hall–Kier alpha value is -0.900. The average molecular weight is 328 g/mol. The van der Waals surface area contributed by atoms with Crippen LogP contribution in [0.4, 0.5) is 4.39 Å². The zero-order chi connectivity index (χ0) is 14.0. The minimum Gasteiger partial charge on any atom is -0.349 e. The molecule has 1 aliphatic carbocycles. The second-order valence-electron chi connectivity index (χ2n) is 5.88. The molecule has 1 unspecified atom stereocenters. The van der Waals surface area contributed by atoms with E-state index in [9.17, 15) is 9.18 Å². The smallest absolute Gasteiger partial charge is 0.254 e. The van der Waals surface area contributed by atoms with Gasteiger partial charge in [0.2, 0.25) is 0 Å². The van der Waals surface area contributed by atoms with Gasteiger partial charge >= 0.3 is 0 Å². The fourth-order valence-electron chi connectivity index (χ4n) is 2.67. The number of nitrogens with one attached hydrogen (secondary N) is 1. The number of halogens is 2. The Bertz CT molecular complexity index is 487. The first-order chi connectivity index (χ1) is 8.90. The molecule has 0 aromatic heterocycles. The highest BCUT2D eigenvalue weighted by Gasteiger charge is 2.33. The Kier molecular flexibility index (Phi) is 4.29. The molecule has 0 radical (unpaired) electrons. The van der Waals surface area contributed by atoms with Crippen molar-refractivity contribution in [2.75, 3.05) is 0 Å². The predicted octanol–water partition coefficient (Wildman–Crippen LogP) is 4.29. The summed E-state index contributed by atoms with van der Waals surface area (Å²) in [6.45, 7) is 4.32. The molecule has 2 rings (SSSR count). The number of hydrogen-bond donors (Lipinski definition) is 1. The Labute approximate surface area is 121 Å². The quantitative estimate of drug-likeness (QED) is 0.862. The highest BCUT2D eigenvalue weighted by Crippen LogP contribution is 2.35. The van der Waals surface area contributed by atoms with Crippen LogP contribution in [0.3, 0.4) is 0 Å². The zero-order valence-electron chi connectivity index (χ0n) is 11.3. The first-order valence-electron chi connectivity index (χ1n) is 6.66. The molecule has 104 valence electrons. The standard InChI is InChI=1S/C15H19BrFNO/c1-15(2)8-4-3-5-13(15)18-14(19)11-9-10(16)6-7-12(11)17/h6-7,9,13H,3-5,8H2,1-2H3,(H,18,19). The van der Waals surface area contributed by atoms with E-state index in [0.717, 1.165) is 19.3 Å². The number of carbonyl (C=O) groups excluding carboxylic acids is 1. The lowest BCUT2D eigenvalue weighted by atomic mass is 9.73. The van der Waals surface area contributed by atoms with Gasteiger partial charge in [0, 0.05) is 10.5 Å². The van der Waals surface area contributed by atoms with Crippen molar-refractivity contribution >= 4 is 21.8 Å². The predicted molar refractivity (Wildman–Crippen MR) is 77.6 cm³/mol. The first kappa shape index (κ1) is 14.5. The van der Waals surface area contributed by atoms with E-state index in [1.165, 1.54) is 18.6 Å². The van der Waals surface area contributed by atoms with Crippen molar-refractivity contribution < 1.29 is 9.18 Å². The number of amides is 1. The molecule has 1 N–H and O–H groups in total. The van der Waals surface area contributed by atoms with E-state index in [1.807, 2.05) is 0 Å². The maximum Gasteiger partial charge on any atom is 0.254 e. The van der Waals surface area contributed by atoms with Crippen LogP contribution in [0, 0.1) is 11.2 Å². The van der Waals surface area contributed by atoms with Crippen molar-refractivity contribution in [1.82, 2.24) is 5.32 Å². The van der Waals surface area contributed by atoms with Gasteiger partial charge in [-0.3, -0.25) is 4.79 Å². The van der Waals surface area contributed by atoms with E-state index in [2.05, 4.69) is 35.1 Å². The molecular weight excluding hydrogens is 309 g/mol. The van der Waals surface area contributed by atoms with Crippen LogP contribution in [0.2, 0.25) is 0 Å². The molecule has 1 fully saturated rings. The van der Waals surface area contributed by atoms with Crippen molar-refractivity contribution in [3.63, 3.8) is 0 Å². The van der Waals surface area contributed by atoms with Gasteiger partial charge in [0.1, 0.15) is 5.82 Å². The molecule has 1 aliphatic rings. The third-order valence-electron chi connectivity index (χ3n) is 3.99. The van der Waals surface area contributed by atoms with Crippen molar-refractivity contribution in [2.45, 2.75) is 45.6 Å². The molecule has 2 nitrogen and oxygen atoms in total. The summed E-state index contributed by atoms with van der Waals surface area (Å²) in [5.74, 6) is -0.798. The van der Waals surface area contributed by atoms with Gasteiger partial charge in [0.15, 0.2) is 0 Å². The SMILES string of the molecule is CC1(C)CCCCC1NC(=O)c1cc(Br)ccc1F. The Morgan fingerprint density at radius 2 is 2.16 bits per heavy atom. The molecule has 1 amide bonds. The van der Waals surface area contributed by atoms with Crippen LogP contribution in [-0.2, 0) is 0 Å². The molecule has 1 aromatic rings. The van der Waals surface area contributed by atoms with Crippen LogP contribution in [0.1, 0.15) is 49.9 Å². The normalized spacial score (nSPS) is 22.0. The van der Waals surface area contributed by atoms with E-state index in [1.54, 1.807) is 6.07 Å². The molecule has 0 spiro atoms. The Morgan fingerprint density at radius 1 is 1.42 bits per heavy atom. The number of benzene rings is 1. The highest BCUT2D eigenvalue weighted by atomic mass is 79.9. The summed E-state index contributed by atoms with van der Waals surface area (Å²) in [7, 11) is 0. The molecule has 1 saturated carbocycles. The first-order valence-corrected chi connectivity index (χ1v) is 7.45. The highest BCUT2D eigenvalue weighted by molar-refractivity contribution is 9.10. The fourth-order valence-corrected chi connectivity index (χ4v) is 3.03. The zero-order valence-corrected chi connectivity index (χ0v) is 12.9. The second kappa shape index (κ2) is 5.61. The lowest BCUT2D eigenvalue weighted by molar-refractivity contribution is 0.0849. The second-order valence-corrected chi connectivity index (χ2v) is 6.80. The van der Waals surface area contributed by atoms with Gasteiger partial charge in [0.25, 0.3) is 5.91 Å². The number of rotatable bonds is 2. The summed E-state index contributed by atoms with van der Waals surface area (Å²) in [6, 6.07) is 4.55. The average Bonchev–Trinajstić information content (AvgIpc) is 2.34. The monoisotopic (exact) mass is 327 g/mol. The van der Waals surface area contributed by atoms with Crippen molar-refractivity contribution in [3.05, 3.63) is 34.1 Å². The Balaban J connectivity index is 2.14. The van der Waals surface area contributed by atoms with Crippen molar-refractivity contribution in [1.29, 1.82) is 0 Å². The van der Waals surface area contributed by atoms with E-state index >= 15 is 0 Å². The van der Waals surface area contributed by atoms with Gasteiger partial charge in [-0.25, -0.2) is 4.39 Å². The molecule has 4 heteroatoms. The van der Waals surface area contributed by atoms with E-state index < -0.39 is 5.82 Å². The maximum absolute atomic E-state index is 13.7. The van der Waals surface area contributed by atoms with Gasteiger partial charge < -0.3 is 5.32 Å². The lowest BCUT2D eigenvalue weighted by Crippen LogP contribution is -2.47. The number of hydrogen-bond acceptors (Lipinski definition) is 1. The van der Waals surface area contributed by atoms with Crippen LogP contribution in [0.15, 0.2) is 22.7 Å². The van der Waals surface area contributed by atoms with E-state index in [4.69, 9.17) is 0 Å². The van der Waals surface area contributed by atoms with Crippen LogP contribution in [0.5, 0.6) is 0 Å². The van der Waals surface area contributed by atoms with E-state index in [0.29, 0.717) is 4.47 Å². The third-order valence-corrected chi connectivity index (χ3v) is 4.48. The minimum absolute atomic E-state index is 0.0798. The topological polar surface area (TPSA) is 29.1 Å². The summed E-state index contributed by atoms with van der Waals surface area (Å²) in [5, 5.41) is 2.99. The van der Waals surface area contributed by atoms with Gasteiger partial charge in [-0.1, -0.05) is 42.6 Å².